The Kier molecular flexibility index (Phi) is 4.95. The molecule has 1 aromatic rings. The molecular formula is C13H19BrN2O. The first kappa shape index (κ1) is 13.0. The largest absolute Gasteiger partial charge is 0.378 e. The van der Waals surface area contributed by atoms with Crippen molar-refractivity contribution < 1.29 is 4.74 Å². The van der Waals surface area contributed by atoms with Gasteiger partial charge in [0.05, 0.1) is 11.8 Å². The summed E-state index contributed by atoms with van der Waals surface area (Å²) in [5, 5.41) is 0. The van der Waals surface area contributed by atoms with Crippen LogP contribution in [0.1, 0.15) is 43.8 Å². The van der Waals surface area contributed by atoms with Gasteiger partial charge < -0.3 is 10.5 Å². The van der Waals surface area contributed by atoms with Crippen molar-refractivity contribution >= 4 is 15.9 Å². The maximum Gasteiger partial charge on any atom is 0.0576 e. The molecule has 2 unspecified atom stereocenters. The molecule has 0 radical (unpaired) electrons. The summed E-state index contributed by atoms with van der Waals surface area (Å²) >= 11 is 3.37. The molecule has 2 heterocycles. The molecule has 3 nitrogen and oxygen atoms in total. The summed E-state index contributed by atoms with van der Waals surface area (Å²) in [4.78, 5) is 4.33. The average Bonchev–Trinajstić information content (AvgIpc) is 2.83. The zero-order valence-corrected chi connectivity index (χ0v) is 11.5. The van der Waals surface area contributed by atoms with Crippen molar-refractivity contribution in [3.05, 3.63) is 28.5 Å². The molecule has 1 aromatic heterocycles. The Balaban J connectivity index is 1.72. The second-order valence-corrected chi connectivity index (χ2v) is 5.49. The van der Waals surface area contributed by atoms with Gasteiger partial charge in [-0.3, -0.25) is 4.98 Å². The third-order valence-corrected chi connectivity index (χ3v) is 3.66. The van der Waals surface area contributed by atoms with Crippen LogP contribution >= 0.6 is 15.9 Å². The Morgan fingerprint density at radius 3 is 3.06 bits per heavy atom. The summed E-state index contributed by atoms with van der Waals surface area (Å²) in [7, 11) is 0. The number of aromatic nitrogens is 1. The van der Waals surface area contributed by atoms with Gasteiger partial charge in [0.1, 0.15) is 0 Å². The van der Waals surface area contributed by atoms with Gasteiger partial charge in [0.15, 0.2) is 0 Å². The van der Waals surface area contributed by atoms with Crippen LogP contribution in [0.4, 0.5) is 0 Å². The topological polar surface area (TPSA) is 48.1 Å². The Labute approximate surface area is 111 Å². The second kappa shape index (κ2) is 6.47. The predicted octanol–water partition coefficient (Wildman–Crippen LogP) is 3.19. The third-order valence-electron chi connectivity index (χ3n) is 3.20. The van der Waals surface area contributed by atoms with E-state index in [4.69, 9.17) is 10.5 Å². The number of pyridine rings is 1. The fourth-order valence-electron chi connectivity index (χ4n) is 2.19. The smallest absolute Gasteiger partial charge is 0.0576 e. The first-order chi connectivity index (χ1) is 8.25. The summed E-state index contributed by atoms with van der Waals surface area (Å²) in [5.74, 6) is 0. The lowest BCUT2D eigenvalue weighted by Crippen LogP contribution is -2.13. The quantitative estimate of drug-likeness (QED) is 0.908. The van der Waals surface area contributed by atoms with Crippen LogP contribution in [0.3, 0.4) is 0 Å². The van der Waals surface area contributed by atoms with Crippen molar-refractivity contribution in [2.75, 3.05) is 6.61 Å². The molecule has 0 aliphatic carbocycles. The molecule has 17 heavy (non-hydrogen) atoms. The van der Waals surface area contributed by atoms with Gasteiger partial charge in [-0.1, -0.05) is 0 Å². The standard InChI is InChI=1S/C13H19BrN2O/c14-10-6-7-13(16-9-10)12(15)5-1-3-11-4-2-8-17-11/h6-7,9,11-12H,1-5,8,15H2. The SMILES string of the molecule is NC(CCCC1CCCO1)c1ccc(Br)cn1. The highest BCUT2D eigenvalue weighted by molar-refractivity contribution is 9.10. The van der Waals surface area contributed by atoms with E-state index in [0.717, 1.165) is 36.0 Å². The number of nitrogens with two attached hydrogens (primary N) is 1. The molecule has 1 fully saturated rings. The molecule has 4 heteroatoms. The van der Waals surface area contributed by atoms with E-state index in [2.05, 4.69) is 20.9 Å². The molecule has 1 saturated heterocycles. The van der Waals surface area contributed by atoms with Crippen LogP contribution in [0.15, 0.2) is 22.8 Å². The summed E-state index contributed by atoms with van der Waals surface area (Å²) in [6, 6.07) is 4.02. The van der Waals surface area contributed by atoms with Gasteiger partial charge in [-0.25, -0.2) is 0 Å². The van der Waals surface area contributed by atoms with Crippen LogP contribution in [0.5, 0.6) is 0 Å². The minimum Gasteiger partial charge on any atom is -0.378 e. The molecule has 0 aromatic carbocycles. The van der Waals surface area contributed by atoms with Gasteiger partial charge in [0.2, 0.25) is 0 Å². The van der Waals surface area contributed by atoms with E-state index in [-0.39, 0.29) is 6.04 Å². The Morgan fingerprint density at radius 2 is 2.41 bits per heavy atom. The zero-order valence-electron chi connectivity index (χ0n) is 9.94. The molecular weight excluding hydrogens is 280 g/mol. The second-order valence-electron chi connectivity index (χ2n) is 4.57. The summed E-state index contributed by atoms with van der Waals surface area (Å²) < 4.78 is 6.59. The molecule has 1 aliphatic rings. The monoisotopic (exact) mass is 298 g/mol. The molecule has 0 amide bonds. The lowest BCUT2D eigenvalue weighted by atomic mass is 10.0. The fraction of sp³-hybridized carbons (Fsp3) is 0.615. The molecule has 2 atom stereocenters. The summed E-state index contributed by atoms with van der Waals surface area (Å²) in [6.45, 7) is 0.936. The van der Waals surface area contributed by atoms with Crippen LogP contribution in [0, 0.1) is 0 Å². The van der Waals surface area contributed by atoms with Gasteiger partial charge in [-0.15, -0.1) is 0 Å². The maximum atomic E-state index is 6.11. The number of halogens is 1. The fourth-order valence-corrected chi connectivity index (χ4v) is 2.43. The van der Waals surface area contributed by atoms with Gasteiger partial charge in [0.25, 0.3) is 0 Å². The molecule has 94 valence electrons. The number of hydrogen-bond acceptors (Lipinski definition) is 3. The number of nitrogens with zero attached hydrogens (tertiary/aromatic N) is 1. The average molecular weight is 299 g/mol. The van der Waals surface area contributed by atoms with Crippen LogP contribution in [0.25, 0.3) is 0 Å². The van der Waals surface area contributed by atoms with E-state index in [1.165, 1.54) is 12.8 Å². The molecule has 2 N–H and O–H groups in total. The van der Waals surface area contributed by atoms with E-state index >= 15 is 0 Å². The number of hydrogen-bond donors (Lipinski definition) is 1. The first-order valence-electron chi connectivity index (χ1n) is 6.24. The van der Waals surface area contributed by atoms with Crippen molar-refractivity contribution in [1.82, 2.24) is 4.98 Å². The van der Waals surface area contributed by atoms with E-state index in [1.807, 2.05) is 12.1 Å². The van der Waals surface area contributed by atoms with Crippen molar-refractivity contribution in [2.45, 2.75) is 44.2 Å². The molecule has 1 aliphatic heterocycles. The van der Waals surface area contributed by atoms with Gasteiger partial charge >= 0.3 is 0 Å². The van der Waals surface area contributed by atoms with Crippen molar-refractivity contribution in [3.8, 4) is 0 Å². The molecule has 0 bridgehead atoms. The van der Waals surface area contributed by atoms with Gasteiger partial charge in [-0.2, -0.15) is 0 Å². The van der Waals surface area contributed by atoms with Crippen LogP contribution in [0.2, 0.25) is 0 Å². The van der Waals surface area contributed by atoms with Crippen molar-refractivity contribution in [2.24, 2.45) is 5.73 Å². The van der Waals surface area contributed by atoms with E-state index < -0.39 is 0 Å². The third kappa shape index (κ3) is 4.05. The summed E-state index contributed by atoms with van der Waals surface area (Å²) in [6.07, 6.45) is 7.93. The highest BCUT2D eigenvalue weighted by Crippen LogP contribution is 2.21. The zero-order chi connectivity index (χ0) is 12.1. The van der Waals surface area contributed by atoms with E-state index in [1.54, 1.807) is 6.20 Å². The van der Waals surface area contributed by atoms with Crippen LogP contribution in [-0.4, -0.2) is 17.7 Å². The minimum absolute atomic E-state index is 0.0458. The van der Waals surface area contributed by atoms with Crippen molar-refractivity contribution in [1.29, 1.82) is 0 Å². The maximum absolute atomic E-state index is 6.11. The normalized spacial score (nSPS) is 21.6. The van der Waals surface area contributed by atoms with Crippen molar-refractivity contribution in [3.63, 3.8) is 0 Å². The molecule has 0 spiro atoms. The number of rotatable bonds is 5. The Bertz CT molecular complexity index is 336. The Hall–Kier alpha value is -0.450. The first-order valence-corrected chi connectivity index (χ1v) is 7.03. The molecule has 2 rings (SSSR count). The van der Waals surface area contributed by atoms with Crippen LogP contribution in [-0.2, 0) is 4.74 Å². The van der Waals surface area contributed by atoms with Gasteiger partial charge in [0, 0.05) is 23.3 Å². The predicted molar refractivity (Wildman–Crippen MR) is 71.7 cm³/mol. The van der Waals surface area contributed by atoms with Gasteiger partial charge in [-0.05, 0) is 60.2 Å². The molecule has 0 saturated carbocycles. The van der Waals surface area contributed by atoms with Crippen LogP contribution < -0.4 is 5.73 Å². The van der Waals surface area contributed by atoms with E-state index in [9.17, 15) is 0 Å². The highest BCUT2D eigenvalue weighted by Gasteiger charge is 2.15. The van der Waals surface area contributed by atoms with E-state index in [0.29, 0.717) is 6.10 Å². The summed E-state index contributed by atoms with van der Waals surface area (Å²) in [5.41, 5.74) is 7.08. The highest BCUT2D eigenvalue weighted by atomic mass is 79.9. The minimum atomic E-state index is 0.0458. The number of ether oxygens (including phenoxy) is 1. The lowest BCUT2D eigenvalue weighted by molar-refractivity contribution is 0.101. The lowest BCUT2D eigenvalue weighted by Gasteiger charge is -2.13. The Morgan fingerprint density at radius 1 is 1.53 bits per heavy atom.